The van der Waals surface area contributed by atoms with Gasteiger partial charge in [0.05, 0.1) is 11.8 Å². The van der Waals surface area contributed by atoms with E-state index in [1.165, 1.54) is 0 Å². The molecule has 4 nitrogen and oxygen atoms in total. The fourth-order valence-electron chi connectivity index (χ4n) is 2.60. The summed E-state index contributed by atoms with van der Waals surface area (Å²) in [4.78, 5) is 7.11. The van der Waals surface area contributed by atoms with E-state index in [9.17, 15) is 0 Å². The Kier molecular flexibility index (Phi) is 5.38. The number of anilines is 1. The van der Waals surface area contributed by atoms with Gasteiger partial charge in [-0.1, -0.05) is 26.8 Å². The second-order valence-corrected chi connectivity index (χ2v) is 6.01. The molecule has 0 aromatic carbocycles. The quantitative estimate of drug-likeness (QED) is 0.897. The lowest BCUT2D eigenvalue weighted by molar-refractivity contribution is 0.0496. The molecular weight excluding hydrogens is 250 g/mol. The highest BCUT2D eigenvalue weighted by molar-refractivity contribution is 5.40. The summed E-state index contributed by atoms with van der Waals surface area (Å²) in [7, 11) is 1.81. The number of piperidine rings is 1. The first kappa shape index (κ1) is 15.3. The molecule has 0 radical (unpaired) electrons. The third kappa shape index (κ3) is 3.93. The van der Waals surface area contributed by atoms with E-state index in [1.807, 2.05) is 0 Å². The maximum absolute atomic E-state index is 5.58. The molecule has 1 aliphatic heterocycles. The molecule has 1 aliphatic rings. The molecule has 2 heterocycles. The van der Waals surface area contributed by atoms with Crippen molar-refractivity contribution in [1.82, 2.24) is 10.3 Å². The van der Waals surface area contributed by atoms with E-state index in [2.05, 4.69) is 49.2 Å². The third-order valence-corrected chi connectivity index (χ3v) is 4.00. The Morgan fingerprint density at radius 3 is 2.95 bits per heavy atom. The minimum atomic E-state index is 0.308. The third-order valence-electron chi connectivity index (χ3n) is 4.00. The van der Waals surface area contributed by atoms with Crippen molar-refractivity contribution in [2.75, 3.05) is 25.1 Å². The molecule has 0 spiro atoms. The van der Waals surface area contributed by atoms with Gasteiger partial charge in [0.1, 0.15) is 5.82 Å². The van der Waals surface area contributed by atoms with Gasteiger partial charge in [-0.2, -0.15) is 0 Å². The molecule has 1 aromatic heterocycles. The smallest absolute Gasteiger partial charge is 0.128 e. The maximum Gasteiger partial charge on any atom is 0.128 e. The second kappa shape index (κ2) is 7.04. The molecule has 1 saturated heterocycles. The van der Waals surface area contributed by atoms with Gasteiger partial charge in [0, 0.05) is 32.8 Å². The number of hydrogen-bond donors (Lipinski definition) is 1. The summed E-state index contributed by atoms with van der Waals surface area (Å²) in [5, 5.41) is 3.41. The van der Waals surface area contributed by atoms with Gasteiger partial charge in [0.15, 0.2) is 0 Å². The van der Waals surface area contributed by atoms with Crippen LogP contribution in [0.4, 0.5) is 5.82 Å². The van der Waals surface area contributed by atoms with Crippen molar-refractivity contribution in [3.8, 4) is 0 Å². The van der Waals surface area contributed by atoms with Gasteiger partial charge >= 0.3 is 0 Å². The Hall–Kier alpha value is -1.13. The van der Waals surface area contributed by atoms with Crippen LogP contribution in [0.3, 0.4) is 0 Å². The predicted molar refractivity (Wildman–Crippen MR) is 83.0 cm³/mol. The predicted octanol–water partition coefficient (Wildman–Crippen LogP) is 2.44. The van der Waals surface area contributed by atoms with Gasteiger partial charge in [0.2, 0.25) is 0 Å². The van der Waals surface area contributed by atoms with Crippen LogP contribution in [-0.2, 0) is 11.3 Å². The Balaban J connectivity index is 2.03. The van der Waals surface area contributed by atoms with Crippen molar-refractivity contribution in [2.45, 2.75) is 45.9 Å². The average molecular weight is 277 g/mol. The Morgan fingerprint density at radius 2 is 2.25 bits per heavy atom. The number of nitrogens with zero attached hydrogens (tertiary/aromatic N) is 2. The van der Waals surface area contributed by atoms with Crippen LogP contribution in [0.2, 0.25) is 0 Å². The van der Waals surface area contributed by atoms with E-state index < -0.39 is 0 Å². The Labute approximate surface area is 122 Å². The van der Waals surface area contributed by atoms with Crippen LogP contribution in [-0.4, -0.2) is 37.3 Å². The molecule has 2 rings (SSSR count). The van der Waals surface area contributed by atoms with Crippen molar-refractivity contribution in [3.63, 3.8) is 0 Å². The van der Waals surface area contributed by atoms with Gasteiger partial charge in [-0.15, -0.1) is 0 Å². The molecule has 2 atom stereocenters. The van der Waals surface area contributed by atoms with Gasteiger partial charge in [-0.3, -0.25) is 0 Å². The van der Waals surface area contributed by atoms with Crippen LogP contribution >= 0.6 is 0 Å². The monoisotopic (exact) mass is 277 g/mol. The first-order valence-electron chi connectivity index (χ1n) is 7.57. The first-order chi connectivity index (χ1) is 9.60. The zero-order chi connectivity index (χ0) is 14.5. The fourth-order valence-corrected chi connectivity index (χ4v) is 2.60. The lowest BCUT2D eigenvalue weighted by atomic mass is 9.96. The number of nitrogens with one attached hydrogen (secondary N) is 1. The summed E-state index contributed by atoms with van der Waals surface area (Å²) in [5.41, 5.74) is 1.10. The molecule has 20 heavy (non-hydrogen) atoms. The number of hydrogen-bond acceptors (Lipinski definition) is 4. The normalized spacial score (nSPS) is 23.4. The maximum atomic E-state index is 5.58. The summed E-state index contributed by atoms with van der Waals surface area (Å²) >= 11 is 0. The zero-order valence-corrected chi connectivity index (χ0v) is 13.1. The van der Waals surface area contributed by atoms with E-state index in [1.54, 1.807) is 7.11 Å². The molecule has 4 heteroatoms. The molecule has 0 aliphatic carbocycles. The summed E-state index contributed by atoms with van der Waals surface area (Å²) < 4.78 is 5.58. The summed E-state index contributed by atoms with van der Waals surface area (Å²) in [6.07, 6.45) is 1.47. The van der Waals surface area contributed by atoms with Gasteiger partial charge in [-0.25, -0.2) is 4.98 Å². The van der Waals surface area contributed by atoms with Crippen molar-refractivity contribution in [3.05, 3.63) is 23.9 Å². The summed E-state index contributed by atoms with van der Waals surface area (Å²) in [6, 6.07) is 6.76. The Morgan fingerprint density at radius 1 is 1.45 bits per heavy atom. The number of ether oxygens (including phenoxy) is 1. The number of rotatable bonds is 5. The first-order valence-corrected chi connectivity index (χ1v) is 7.57. The average Bonchev–Trinajstić information content (AvgIpc) is 2.46. The van der Waals surface area contributed by atoms with Crippen molar-refractivity contribution < 1.29 is 4.74 Å². The minimum Gasteiger partial charge on any atom is -0.379 e. The molecule has 1 fully saturated rings. The topological polar surface area (TPSA) is 37.4 Å². The van der Waals surface area contributed by atoms with Crippen LogP contribution in [0.1, 0.15) is 32.9 Å². The van der Waals surface area contributed by atoms with Crippen LogP contribution < -0.4 is 10.2 Å². The van der Waals surface area contributed by atoms with Gasteiger partial charge < -0.3 is 15.0 Å². The largest absolute Gasteiger partial charge is 0.379 e. The van der Waals surface area contributed by atoms with E-state index >= 15 is 0 Å². The molecule has 1 N–H and O–H groups in total. The lowest BCUT2D eigenvalue weighted by Crippen LogP contribution is -2.44. The van der Waals surface area contributed by atoms with Crippen LogP contribution in [0.25, 0.3) is 0 Å². The molecule has 0 saturated carbocycles. The zero-order valence-electron chi connectivity index (χ0n) is 13.1. The summed E-state index contributed by atoms with van der Waals surface area (Å²) in [6.45, 7) is 9.39. The lowest BCUT2D eigenvalue weighted by Gasteiger charge is -2.37. The summed E-state index contributed by atoms with van der Waals surface area (Å²) in [5.74, 6) is 1.70. The van der Waals surface area contributed by atoms with E-state index in [0.717, 1.165) is 37.6 Å². The molecule has 0 amide bonds. The molecule has 1 aromatic rings. The highest BCUT2D eigenvalue weighted by Crippen LogP contribution is 2.23. The molecule has 112 valence electrons. The SMILES string of the molecule is COC1CN(c2cccc(CNC(C)C)n2)CCC1C. The van der Waals surface area contributed by atoms with Crippen LogP contribution in [0.5, 0.6) is 0 Å². The van der Waals surface area contributed by atoms with Gasteiger partial charge in [-0.05, 0) is 24.5 Å². The second-order valence-electron chi connectivity index (χ2n) is 6.01. The minimum absolute atomic E-state index is 0.308. The van der Waals surface area contributed by atoms with Crippen molar-refractivity contribution in [1.29, 1.82) is 0 Å². The number of methoxy groups -OCH3 is 1. The highest BCUT2D eigenvalue weighted by atomic mass is 16.5. The number of aromatic nitrogens is 1. The van der Waals surface area contributed by atoms with Crippen LogP contribution in [0, 0.1) is 5.92 Å². The van der Waals surface area contributed by atoms with Crippen LogP contribution in [0.15, 0.2) is 18.2 Å². The van der Waals surface area contributed by atoms with Gasteiger partial charge in [0.25, 0.3) is 0 Å². The van der Waals surface area contributed by atoms with E-state index in [-0.39, 0.29) is 0 Å². The van der Waals surface area contributed by atoms with E-state index in [4.69, 9.17) is 9.72 Å². The molecule has 2 unspecified atom stereocenters. The van der Waals surface area contributed by atoms with Crippen molar-refractivity contribution >= 4 is 5.82 Å². The van der Waals surface area contributed by atoms with E-state index in [0.29, 0.717) is 18.1 Å². The van der Waals surface area contributed by atoms with Crippen molar-refractivity contribution in [2.24, 2.45) is 5.92 Å². The molecule has 0 bridgehead atoms. The Bertz CT molecular complexity index is 422. The molecular formula is C16H27N3O. The highest BCUT2D eigenvalue weighted by Gasteiger charge is 2.26. The fraction of sp³-hybridized carbons (Fsp3) is 0.688. The number of pyridine rings is 1. The standard InChI is InChI=1S/C16H27N3O/c1-12(2)17-10-14-6-5-7-16(18-14)19-9-8-13(3)15(11-19)20-4/h5-7,12-13,15,17H,8-11H2,1-4H3.